The summed E-state index contributed by atoms with van der Waals surface area (Å²) in [6.07, 6.45) is -2.55. The molecule has 11 heteroatoms. The summed E-state index contributed by atoms with van der Waals surface area (Å²) in [5.41, 5.74) is 7.16. The first kappa shape index (κ1) is 58.4. The second-order valence-corrected chi connectivity index (χ2v) is 24.6. The van der Waals surface area contributed by atoms with Gasteiger partial charge in [-0.05, 0) is 100 Å². The van der Waals surface area contributed by atoms with Gasteiger partial charge >= 0.3 is 11.9 Å². The van der Waals surface area contributed by atoms with Crippen LogP contribution in [0.2, 0.25) is 0 Å². The first-order chi connectivity index (χ1) is 36.3. The molecule has 0 bridgehead atoms. The molecule has 2 saturated heterocycles. The Balaban J connectivity index is 0.000000221. The van der Waals surface area contributed by atoms with Gasteiger partial charge in [-0.15, -0.1) is 0 Å². The number of carbonyl (C=O) groups excluding carboxylic acids is 2. The number of esters is 2. The molecule has 6 aromatic carbocycles. The molecule has 0 spiro atoms. The highest BCUT2D eigenvalue weighted by Gasteiger charge is 2.47. The van der Waals surface area contributed by atoms with Gasteiger partial charge in [0.1, 0.15) is 29.2 Å². The molecule has 8 rings (SSSR count). The third kappa shape index (κ3) is 15.9. The Morgan fingerprint density at radius 2 is 0.868 bits per heavy atom. The number of carbonyl (C=O) groups is 2. The summed E-state index contributed by atoms with van der Waals surface area (Å²) in [7, 11) is 0. The topological polar surface area (TPSA) is 110 Å². The van der Waals surface area contributed by atoms with Crippen molar-refractivity contribution in [3.63, 3.8) is 0 Å². The quantitative estimate of drug-likeness (QED) is 0.0936. The molecule has 9 nitrogen and oxygen atoms in total. The van der Waals surface area contributed by atoms with Crippen molar-refractivity contribution in [1.29, 1.82) is 0 Å². The number of aliphatic hydroxyl groups excluding tert-OH is 1. The lowest BCUT2D eigenvalue weighted by molar-refractivity contribution is -0.185. The predicted octanol–water partition coefficient (Wildman–Crippen LogP) is 14.4. The largest absolute Gasteiger partial charge is 0.455 e. The average molecular weight is 1070 g/mol. The van der Waals surface area contributed by atoms with E-state index in [1.165, 1.54) is 28.5 Å². The first-order valence-electron chi connectivity index (χ1n) is 26.6. The van der Waals surface area contributed by atoms with Crippen molar-refractivity contribution < 1.29 is 43.1 Å². The minimum Gasteiger partial charge on any atom is -0.455 e. The van der Waals surface area contributed by atoms with Gasteiger partial charge in [0, 0.05) is 21.6 Å². The van der Waals surface area contributed by atoms with Gasteiger partial charge in [0.15, 0.2) is 0 Å². The number of ether oxygens (including phenoxy) is 6. The maximum absolute atomic E-state index is 13.1. The molecule has 4 unspecified atom stereocenters. The van der Waals surface area contributed by atoms with E-state index >= 15 is 0 Å². The van der Waals surface area contributed by atoms with Crippen LogP contribution in [-0.4, -0.2) is 71.7 Å². The smallest absolute Gasteiger partial charge is 0.338 e. The molecule has 76 heavy (non-hydrogen) atoms. The third-order valence-corrected chi connectivity index (χ3v) is 17.0. The Morgan fingerprint density at radius 1 is 0.500 bits per heavy atom. The molecule has 6 aromatic rings. The zero-order chi connectivity index (χ0) is 54.6. The van der Waals surface area contributed by atoms with E-state index in [0.29, 0.717) is 30.9 Å². The Hall–Kier alpha value is -5.24. The molecule has 2 aliphatic heterocycles. The van der Waals surface area contributed by atoms with Crippen LogP contribution in [-0.2, 0) is 52.5 Å². The van der Waals surface area contributed by atoms with Crippen molar-refractivity contribution in [1.82, 2.24) is 0 Å². The van der Waals surface area contributed by atoms with Gasteiger partial charge in [-0.3, -0.25) is 0 Å². The fraction of sp³-hybridized carbons (Fsp3) is 0.415. The Morgan fingerprint density at radius 3 is 1.28 bits per heavy atom. The van der Waals surface area contributed by atoms with Gasteiger partial charge < -0.3 is 33.5 Å². The standard InChI is InChI=1S/C33H40O4S.C32H38O5S/c1-22-17-18-27(33(4,5)6)19-29(22)38-32-30(37-31(34)26-15-11-8-12-16-26)24(3)23(2)28(36-32)21-35-20-25-13-9-7-10-14-25;1-21-16-17-25(32(3,4)5)18-27(21)38-31-29(37-30(34)24-14-10-7-11-15-24)22(2)28(33)26(36-31)20-35-19-23-12-8-6-9-13-23/h7-19,23-24,28,30,32H,20-21H2,1-6H3;6-18,22,26,28-29,31,33H,19-20H2,1-5H3/t23-,24-,28?,30?,32-;22-,26?,28-,29?,31-/m00/s1. The van der Waals surface area contributed by atoms with E-state index in [0.717, 1.165) is 26.5 Å². The number of aryl methyl sites for hydroxylation is 2. The Kier molecular flexibility index (Phi) is 20.7. The molecular weight excluding hydrogens is 989 g/mol. The van der Waals surface area contributed by atoms with Crippen LogP contribution in [0.15, 0.2) is 168 Å². The van der Waals surface area contributed by atoms with Gasteiger partial charge in [0.2, 0.25) is 0 Å². The average Bonchev–Trinajstić information content (AvgIpc) is 3.40. The van der Waals surface area contributed by atoms with Crippen LogP contribution in [0.4, 0.5) is 0 Å². The van der Waals surface area contributed by atoms with E-state index in [1.54, 1.807) is 48.2 Å². The fourth-order valence-electron chi connectivity index (χ4n) is 9.12. The minimum atomic E-state index is -0.849. The van der Waals surface area contributed by atoms with Gasteiger partial charge in [0.25, 0.3) is 0 Å². The lowest BCUT2D eigenvalue weighted by Crippen LogP contribution is -2.54. The number of hydrogen-bond acceptors (Lipinski definition) is 11. The molecule has 0 saturated carbocycles. The summed E-state index contributed by atoms with van der Waals surface area (Å²) in [5.74, 6) is -0.862. The van der Waals surface area contributed by atoms with E-state index in [1.807, 2.05) is 79.7 Å². The van der Waals surface area contributed by atoms with E-state index < -0.39 is 35.8 Å². The molecule has 0 amide bonds. The monoisotopic (exact) mass is 1070 g/mol. The molecule has 0 aliphatic carbocycles. The lowest BCUT2D eigenvalue weighted by atomic mass is 9.84. The van der Waals surface area contributed by atoms with Crippen molar-refractivity contribution >= 4 is 35.5 Å². The maximum Gasteiger partial charge on any atom is 0.338 e. The highest BCUT2D eigenvalue weighted by atomic mass is 32.2. The van der Waals surface area contributed by atoms with Gasteiger partial charge in [-0.2, -0.15) is 0 Å². The number of rotatable bonds is 16. The van der Waals surface area contributed by atoms with E-state index in [4.69, 9.17) is 28.4 Å². The zero-order valence-electron chi connectivity index (χ0n) is 46.1. The molecular formula is C65H78O9S2. The molecule has 0 radical (unpaired) electrons. The summed E-state index contributed by atoms with van der Waals surface area (Å²) < 4.78 is 37.4. The molecule has 2 heterocycles. The number of benzene rings is 6. The second-order valence-electron chi connectivity index (χ2n) is 22.3. The van der Waals surface area contributed by atoms with Gasteiger partial charge in [-0.25, -0.2) is 9.59 Å². The fourth-order valence-corrected chi connectivity index (χ4v) is 11.8. The van der Waals surface area contributed by atoms with Crippen molar-refractivity contribution in [3.8, 4) is 0 Å². The van der Waals surface area contributed by atoms with Crippen LogP contribution in [0.1, 0.15) is 116 Å². The van der Waals surface area contributed by atoms with E-state index in [2.05, 4.69) is 118 Å². The van der Waals surface area contributed by atoms with Gasteiger partial charge in [0.05, 0.1) is 49.8 Å². The minimum absolute atomic E-state index is 0.00704. The number of thioether (sulfide) groups is 2. The zero-order valence-corrected chi connectivity index (χ0v) is 47.8. The van der Waals surface area contributed by atoms with Crippen molar-refractivity contribution in [2.24, 2.45) is 17.8 Å². The van der Waals surface area contributed by atoms with Crippen molar-refractivity contribution in [2.45, 2.75) is 151 Å². The molecule has 10 atom stereocenters. The van der Waals surface area contributed by atoms with Crippen LogP contribution in [0.5, 0.6) is 0 Å². The van der Waals surface area contributed by atoms with Crippen molar-refractivity contribution in [3.05, 3.63) is 202 Å². The molecule has 2 fully saturated rings. The summed E-state index contributed by atoms with van der Waals surface area (Å²) >= 11 is 3.19. The summed E-state index contributed by atoms with van der Waals surface area (Å²) in [5, 5.41) is 11.2. The summed E-state index contributed by atoms with van der Waals surface area (Å²) in [4.78, 5) is 28.4. The highest BCUT2D eigenvalue weighted by molar-refractivity contribution is 8.00. The first-order valence-corrected chi connectivity index (χ1v) is 28.3. The van der Waals surface area contributed by atoms with E-state index in [9.17, 15) is 14.7 Å². The molecule has 2 aliphatic rings. The maximum atomic E-state index is 13.1. The van der Waals surface area contributed by atoms with Crippen LogP contribution >= 0.6 is 23.5 Å². The van der Waals surface area contributed by atoms with Crippen LogP contribution in [0, 0.1) is 31.6 Å². The number of aliphatic hydroxyl groups is 1. The SMILES string of the molecule is Cc1ccc(C(C)(C)C)cc1S[C@@H]1OC(COCc2ccccc2)[C@@H](C)[C@H](C)C1OC(=O)c1ccccc1.Cc1ccc(C(C)(C)C)cc1S[C@@H]1OC(COCc2ccccc2)[C@@H](O)[C@H](C)C1OC(=O)c1ccccc1. The van der Waals surface area contributed by atoms with Crippen LogP contribution < -0.4 is 0 Å². The number of hydrogen-bond donors (Lipinski definition) is 1. The molecule has 0 aromatic heterocycles. The molecule has 404 valence electrons. The highest BCUT2D eigenvalue weighted by Crippen LogP contribution is 2.43. The second kappa shape index (κ2) is 26.9. The van der Waals surface area contributed by atoms with E-state index in [-0.39, 0.29) is 52.7 Å². The van der Waals surface area contributed by atoms with Crippen LogP contribution in [0.25, 0.3) is 0 Å². The summed E-state index contributed by atoms with van der Waals surface area (Å²) in [6, 6.07) is 51.3. The van der Waals surface area contributed by atoms with Gasteiger partial charge in [-0.1, -0.05) is 207 Å². The third-order valence-electron chi connectivity index (χ3n) is 14.4. The lowest BCUT2D eigenvalue weighted by Gasteiger charge is -2.44. The Labute approximate surface area is 460 Å². The Bertz CT molecular complexity index is 2570. The predicted molar refractivity (Wildman–Crippen MR) is 306 cm³/mol. The summed E-state index contributed by atoms with van der Waals surface area (Å²) in [6.45, 7) is 25.3. The van der Waals surface area contributed by atoms with Crippen LogP contribution in [0.3, 0.4) is 0 Å². The van der Waals surface area contributed by atoms with Crippen molar-refractivity contribution in [2.75, 3.05) is 13.2 Å². The normalized spacial score (nSPS) is 23.7. The molecule has 1 N–H and O–H groups in total.